The average Bonchev–Trinajstić information content (AvgIpc) is 2.36. The number of aromatic nitrogens is 1. The zero-order valence-electron chi connectivity index (χ0n) is 10.0. The fourth-order valence-corrected chi connectivity index (χ4v) is 1.92. The molecule has 1 atom stereocenters. The van der Waals surface area contributed by atoms with Crippen molar-refractivity contribution in [3.63, 3.8) is 0 Å². The van der Waals surface area contributed by atoms with E-state index in [1.165, 1.54) is 6.20 Å². The van der Waals surface area contributed by atoms with E-state index >= 15 is 0 Å². The molecule has 0 aliphatic carbocycles. The standard InChI is InChI=1S/C13H11BrF2N2O/c1-7(10-5-9(15)2-3-11(10)16)19-12-4-8(14)6-18-13(12)17/h2-7H,1H3,(H2,17,18). The highest BCUT2D eigenvalue weighted by molar-refractivity contribution is 9.10. The number of anilines is 1. The van der Waals surface area contributed by atoms with Crippen LogP contribution in [0, 0.1) is 11.6 Å². The van der Waals surface area contributed by atoms with Gasteiger partial charge in [-0.15, -0.1) is 0 Å². The lowest BCUT2D eigenvalue weighted by Gasteiger charge is -2.16. The maximum atomic E-state index is 13.6. The van der Waals surface area contributed by atoms with Crippen molar-refractivity contribution in [3.8, 4) is 5.75 Å². The summed E-state index contributed by atoms with van der Waals surface area (Å²) in [7, 11) is 0. The summed E-state index contributed by atoms with van der Waals surface area (Å²) >= 11 is 3.24. The molecule has 0 radical (unpaired) electrons. The highest BCUT2D eigenvalue weighted by atomic mass is 79.9. The molecule has 0 bridgehead atoms. The van der Waals surface area contributed by atoms with Crippen LogP contribution in [-0.2, 0) is 0 Å². The molecule has 0 aliphatic heterocycles. The summed E-state index contributed by atoms with van der Waals surface area (Å²) in [6, 6.07) is 4.84. The molecule has 2 aromatic rings. The van der Waals surface area contributed by atoms with E-state index in [0.717, 1.165) is 18.2 Å². The van der Waals surface area contributed by atoms with Gasteiger partial charge in [-0.25, -0.2) is 13.8 Å². The number of hydrogen-bond donors (Lipinski definition) is 1. The molecular formula is C13H11BrF2N2O. The first-order chi connectivity index (χ1) is 8.97. The molecule has 6 heteroatoms. The van der Waals surface area contributed by atoms with E-state index in [2.05, 4.69) is 20.9 Å². The number of nitrogens with zero attached hydrogens (tertiary/aromatic N) is 1. The van der Waals surface area contributed by atoms with E-state index in [1.54, 1.807) is 13.0 Å². The normalized spacial score (nSPS) is 12.2. The number of pyridine rings is 1. The summed E-state index contributed by atoms with van der Waals surface area (Å²) in [6.07, 6.45) is 0.837. The molecule has 0 aliphatic rings. The maximum Gasteiger partial charge on any atom is 0.166 e. The van der Waals surface area contributed by atoms with Gasteiger partial charge in [-0.1, -0.05) is 0 Å². The van der Waals surface area contributed by atoms with E-state index in [4.69, 9.17) is 10.5 Å². The second kappa shape index (κ2) is 5.52. The molecular weight excluding hydrogens is 318 g/mol. The lowest BCUT2D eigenvalue weighted by atomic mass is 10.1. The topological polar surface area (TPSA) is 48.1 Å². The van der Waals surface area contributed by atoms with Crippen molar-refractivity contribution in [3.05, 3.63) is 52.1 Å². The molecule has 2 N–H and O–H groups in total. The van der Waals surface area contributed by atoms with Crippen molar-refractivity contribution in [2.45, 2.75) is 13.0 Å². The first-order valence-corrected chi connectivity index (χ1v) is 6.29. The highest BCUT2D eigenvalue weighted by Gasteiger charge is 2.15. The highest BCUT2D eigenvalue weighted by Crippen LogP contribution is 2.29. The number of ether oxygens (including phenoxy) is 1. The van der Waals surface area contributed by atoms with Crippen LogP contribution in [0.1, 0.15) is 18.6 Å². The van der Waals surface area contributed by atoms with Crippen LogP contribution in [0.5, 0.6) is 5.75 Å². The van der Waals surface area contributed by atoms with E-state index in [-0.39, 0.29) is 11.4 Å². The first kappa shape index (κ1) is 13.7. The molecule has 0 saturated carbocycles. The summed E-state index contributed by atoms with van der Waals surface area (Å²) in [4.78, 5) is 3.90. The Bertz CT molecular complexity index is 607. The number of hydrogen-bond acceptors (Lipinski definition) is 3. The Morgan fingerprint density at radius 1 is 1.32 bits per heavy atom. The number of benzene rings is 1. The first-order valence-electron chi connectivity index (χ1n) is 5.50. The van der Waals surface area contributed by atoms with Crippen LogP contribution in [0.3, 0.4) is 0 Å². The van der Waals surface area contributed by atoms with Crippen LogP contribution in [-0.4, -0.2) is 4.98 Å². The number of halogens is 3. The average molecular weight is 329 g/mol. The van der Waals surface area contributed by atoms with Gasteiger partial charge in [0.2, 0.25) is 0 Å². The third-order valence-corrected chi connectivity index (χ3v) is 2.98. The molecule has 1 aromatic carbocycles. The number of rotatable bonds is 3. The van der Waals surface area contributed by atoms with Crippen LogP contribution < -0.4 is 10.5 Å². The van der Waals surface area contributed by atoms with Crippen LogP contribution in [0.25, 0.3) is 0 Å². The second-order valence-electron chi connectivity index (χ2n) is 3.96. The smallest absolute Gasteiger partial charge is 0.166 e. The van der Waals surface area contributed by atoms with Crippen LogP contribution in [0.2, 0.25) is 0 Å². The molecule has 1 heterocycles. The summed E-state index contributed by atoms with van der Waals surface area (Å²) < 4.78 is 32.9. The Hall–Kier alpha value is -1.69. The quantitative estimate of drug-likeness (QED) is 0.931. The van der Waals surface area contributed by atoms with Gasteiger partial charge in [-0.2, -0.15) is 0 Å². The molecule has 3 nitrogen and oxygen atoms in total. The van der Waals surface area contributed by atoms with E-state index in [1.807, 2.05) is 0 Å². The van der Waals surface area contributed by atoms with Crippen LogP contribution in [0.15, 0.2) is 34.9 Å². The van der Waals surface area contributed by atoms with Crippen molar-refractivity contribution in [2.75, 3.05) is 5.73 Å². The maximum absolute atomic E-state index is 13.6. The van der Waals surface area contributed by atoms with Gasteiger partial charge in [0.15, 0.2) is 11.6 Å². The SMILES string of the molecule is CC(Oc1cc(Br)cnc1N)c1cc(F)ccc1F. The van der Waals surface area contributed by atoms with Gasteiger partial charge in [0.25, 0.3) is 0 Å². The van der Waals surface area contributed by atoms with Crippen LogP contribution >= 0.6 is 15.9 Å². The molecule has 0 fully saturated rings. The minimum absolute atomic E-state index is 0.124. The van der Waals surface area contributed by atoms with Gasteiger partial charge in [-0.3, -0.25) is 0 Å². The van der Waals surface area contributed by atoms with Crippen molar-refractivity contribution in [1.82, 2.24) is 4.98 Å². The molecule has 0 spiro atoms. The van der Waals surface area contributed by atoms with Crippen molar-refractivity contribution < 1.29 is 13.5 Å². The van der Waals surface area contributed by atoms with E-state index < -0.39 is 17.7 Å². The van der Waals surface area contributed by atoms with Crippen molar-refractivity contribution in [1.29, 1.82) is 0 Å². The number of nitrogen functional groups attached to an aromatic ring is 1. The number of nitrogens with two attached hydrogens (primary N) is 1. The van der Waals surface area contributed by atoms with Gasteiger partial charge in [0.05, 0.1) is 0 Å². The third-order valence-electron chi connectivity index (χ3n) is 2.55. The molecule has 0 amide bonds. The van der Waals surface area contributed by atoms with Crippen LogP contribution in [0.4, 0.5) is 14.6 Å². The van der Waals surface area contributed by atoms with Gasteiger partial charge < -0.3 is 10.5 Å². The Morgan fingerprint density at radius 3 is 2.79 bits per heavy atom. The van der Waals surface area contributed by atoms with E-state index in [9.17, 15) is 8.78 Å². The monoisotopic (exact) mass is 328 g/mol. The largest absolute Gasteiger partial charge is 0.482 e. The Kier molecular flexibility index (Phi) is 3.99. The zero-order chi connectivity index (χ0) is 14.0. The van der Waals surface area contributed by atoms with Crippen molar-refractivity contribution in [2.24, 2.45) is 0 Å². The zero-order valence-corrected chi connectivity index (χ0v) is 11.6. The summed E-state index contributed by atoms with van der Waals surface area (Å²) in [5.74, 6) is -0.556. The summed E-state index contributed by atoms with van der Waals surface area (Å²) in [6.45, 7) is 1.61. The third kappa shape index (κ3) is 3.20. The van der Waals surface area contributed by atoms with Crippen molar-refractivity contribution >= 4 is 21.7 Å². The molecule has 19 heavy (non-hydrogen) atoms. The Balaban J connectivity index is 2.27. The van der Waals surface area contributed by atoms with Gasteiger partial charge in [-0.05, 0) is 47.1 Å². The predicted molar refractivity (Wildman–Crippen MR) is 71.8 cm³/mol. The van der Waals surface area contributed by atoms with Gasteiger partial charge in [0, 0.05) is 16.2 Å². The second-order valence-corrected chi connectivity index (χ2v) is 4.88. The lowest BCUT2D eigenvalue weighted by Crippen LogP contribution is -2.08. The summed E-state index contributed by atoms with van der Waals surface area (Å²) in [5, 5.41) is 0. The minimum Gasteiger partial charge on any atom is -0.482 e. The molecule has 1 aromatic heterocycles. The Labute approximate surface area is 117 Å². The van der Waals surface area contributed by atoms with Gasteiger partial charge >= 0.3 is 0 Å². The fourth-order valence-electron chi connectivity index (χ4n) is 1.61. The molecule has 100 valence electrons. The van der Waals surface area contributed by atoms with E-state index in [0.29, 0.717) is 10.2 Å². The predicted octanol–water partition coefficient (Wildman–Crippen LogP) is 3.84. The Morgan fingerprint density at radius 2 is 2.05 bits per heavy atom. The molecule has 2 rings (SSSR count). The fraction of sp³-hybridized carbons (Fsp3) is 0.154. The molecule has 1 unspecified atom stereocenters. The summed E-state index contributed by atoms with van der Waals surface area (Å²) in [5.41, 5.74) is 5.78. The lowest BCUT2D eigenvalue weighted by molar-refractivity contribution is 0.221. The van der Waals surface area contributed by atoms with Gasteiger partial charge in [0.1, 0.15) is 17.7 Å². The minimum atomic E-state index is -0.686. The molecule has 0 saturated heterocycles.